The largest absolute Gasteiger partial charge is 0.341 e. The molecule has 2 aromatic heterocycles. The third kappa shape index (κ3) is 3.96. The van der Waals surface area contributed by atoms with Gasteiger partial charge in [0.2, 0.25) is 5.95 Å². The van der Waals surface area contributed by atoms with Crippen LogP contribution in [0.5, 0.6) is 0 Å². The number of hydrogen-bond acceptors (Lipinski definition) is 4. The van der Waals surface area contributed by atoms with E-state index in [0.717, 1.165) is 35.5 Å². The summed E-state index contributed by atoms with van der Waals surface area (Å²) in [5, 5.41) is 4.94. The fraction of sp³-hybridized carbons (Fsp3) is 0.292. The molecule has 0 unspecified atom stereocenters. The number of nitrogens with zero attached hydrogens (tertiary/aromatic N) is 5. The molecule has 164 valence electrons. The maximum Gasteiger partial charge on any atom is 0.258 e. The monoisotopic (exact) mass is 448 g/mol. The molecule has 1 N–H and O–H groups in total. The predicted molar refractivity (Wildman–Crippen MR) is 126 cm³/mol. The molecule has 0 radical (unpaired) electrons. The molecule has 0 saturated carbocycles. The van der Waals surface area contributed by atoms with Crippen LogP contribution in [0.25, 0.3) is 11.0 Å². The van der Waals surface area contributed by atoms with Gasteiger partial charge >= 0.3 is 0 Å². The maximum absolute atomic E-state index is 13.4. The Morgan fingerprint density at radius 3 is 2.62 bits per heavy atom. The van der Waals surface area contributed by atoms with Gasteiger partial charge in [0, 0.05) is 26.2 Å². The summed E-state index contributed by atoms with van der Waals surface area (Å²) in [4.78, 5) is 25.6. The Balaban J connectivity index is 1.32. The van der Waals surface area contributed by atoms with E-state index in [-0.39, 0.29) is 5.91 Å². The van der Waals surface area contributed by atoms with Gasteiger partial charge in [-0.3, -0.25) is 4.79 Å². The van der Waals surface area contributed by atoms with E-state index >= 15 is 0 Å². The van der Waals surface area contributed by atoms with Gasteiger partial charge in [-0.05, 0) is 31.0 Å². The Hall–Kier alpha value is -3.32. The highest BCUT2D eigenvalue weighted by Crippen LogP contribution is 2.24. The minimum absolute atomic E-state index is 0.0572. The molecular weight excluding hydrogens is 424 g/mol. The maximum atomic E-state index is 13.4. The number of fused-ring (bicyclic) bond motifs is 1. The number of carbonyl (C=O) groups excluding carboxylic acids is 1. The molecule has 5 rings (SSSR count). The number of imidazole rings is 1. The highest BCUT2D eigenvalue weighted by atomic mass is 35.5. The molecule has 1 aliphatic rings. The third-order valence-electron chi connectivity index (χ3n) is 5.91. The molecular formula is C24H25ClN6O. The SMILES string of the molecule is Cc1nn(Cc2ccccc2)c(Cl)c1C(=O)N1CCCN(c2nc3ccccc3[nH]2)CC1. The van der Waals surface area contributed by atoms with Crippen LogP contribution in [-0.2, 0) is 6.54 Å². The second kappa shape index (κ2) is 8.67. The van der Waals surface area contributed by atoms with E-state index in [4.69, 9.17) is 16.6 Å². The third-order valence-corrected chi connectivity index (χ3v) is 6.30. The molecule has 0 atom stereocenters. The molecule has 3 heterocycles. The molecule has 0 bridgehead atoms. The highest BCUT2D eigenvalue weighted by molar-refractivity contribution is 6.33. The average Bonchev–Trinajstić information content (AvgIpc) is 3.24. The van der Waals surface area contributed by atoms with Crippen molar-refractivity contribution in [1.29, 1.82) is 0 Å². The first-order chi connectivity index (χ1) is 15.6. The first-order valence-electron chi connectivity index (χ1n) is 10.9. The molecule has 0 spiro atoms. The molecule has 8 heteroatoms. The van der Waals surface area contributed by atoms with Crippen LogP contribution >= 0.6 is 11.6 Å². The molecule has 32 heavy (non-hydrogen) atoms. The standard InChI is InChI=1S/C24H25ClN6O/c1-17-21(22(25)31(28-17)16-18-8-3-2-4-9-18)23(32)29-12-7-13-30(15-14-29)24-26-19-10-5-6-11-20(19)27-24/h2-6,8-11H,7,12-16H2,1H3,(H,26,27). The van der Waals surface area contributed by atoms with Crippen LogP contribution in [0, 0.1) is 6.92 Å². The van der Waals surface area contributed by atoms with Crippen molar-refractivity contribution >= 4 is 34.5 Å². The van der Waals surface area contributed by atoms with E-state index in [1.807, 2.05) is 66.4 Å². The summed E-state index contributed by atoms with van der Waals surface area (Å²) in [6.45, 7) is 5.21. The molecule has 1 saturated heterocycles. The van der Waals surface area contributed by atoms with Crippen LogP contribution < -0.4 is 4.90 Å². The number of amides is 1. The Kier molecular flexibility index (Phi) is 5.57. The van der Waals surface area contributed by atoms with Gasteiger partial charge in [0.25, 0.3) is 5.91 Å². The molecule has 0 aliphatic carbocycles. The summed E-state index contributed by atoms with van der Waals surface area (Å²) < 4.78 is 1.71. The Morgan fingerprint density at radius 1 is 1.03 bits per heavy atom. The van der Waals surface area contributed by atoms with Crippen LogP contribution in [-0.4, -0.2) is 56.7 Å². The summed E-state index contributed by atoms with van der Waals surface area (Å²) in [5.74, 6) is 0.795. The smallest absolute Gasteiger partial charge is 0.258 e. The number of halogens is 1. The zero-order valence-corrected chi connectivity index (χ0v) is 18.7. The van der Waals surface area contributed by atoms with Gasteiger partial charge in [-0.1, -0.05) is 54.1 Å². The van der Waals surface area contributed by atoms with Crippen LogP contribution in [0.1, 0.15) is 28.0 Å². The number of aryl methyl sites for hydroxylation is 1. The minimum Gasteiger partial charge on any atom is -0.341 e. The first-order valence-corrected chi connectivity index (χ1v) is 11.2. The fourth-order valence-electron chi connectivity index (χ4n) is 4.24. The van der Waals surface area contributed by atoms with Gasteiger partial charge in [-0.2, -0.15) is 5.10 Å². The van der Waals surface area contributed by atoms with Crippen molar-refractivity contribution in [3.63, 3.8) is 0 Å². The second-order valence-electron chi connectivity index (χ2n) is 8.10. The van der Waals surface area contributed by atoms with E-state index in [1.54, 1.807) is 4.68 Å². The molecule has 7 nitrogen and oxygen atoms in total. The van der Waals surface area contributed by atoms with Gasteiger partial charge in [0.05, 0.1) is 28.8 Å². The van der Waals surface area contributed by atoms with Gasteiger partial charge in [-0.15, -0.1) is 0 Å². The fourth-order valence-corrected chi connectivity index (χ4v) is 4.55. The van der Waals surface area contributed by atoms with Crippen LogP contribution in [0.3, 0.4) is 0 Å². The number of aromatic amines is 1. The van der Waals surface area contributed by atoms with E-state index in [0.29, 0.717) is 42.6 Å². The molecule has 2 aromatic carbocycles. The molecule has 1 aliphatic heterocycles. The van der Waals surface area contributed by atoms with Crippen molar-refractivity contribution < 1.29 is 4.79 Å². The lowest BCUT2D eigenvalue weighted by Gasteiger charge is -2.21. The summed E-state index contributed by atoms with van der Waals surface area (Å²) in [5.41, 5.74) is 4.22. The zero-order valence-electron chi connectivity index (χ0n) is 18.0. The minimum atomic E-state index is -0.0572. The van der Waals surface area contributed by atoms with Crippen LogP contribution in [0.15, 0.2) is 54.6 Å². The number of nitrogens with one attached hydrogen (secondary N) is 1. The van der Waals surface area contributed by atoms with Gasteiger partial charge < -0.3 is 14.8 Å². The quantitative estimate of drug-likeness (QED) is 0.509. The van der Waals surface area contributed by atoms with Crippen LogP contribution in [0.2, 0.25) is 5.15 Å². The number of anilines is 1. The summed E-state index contributed by atoms with van der Waals surface area (Å²) >= 11 is 6.63. The van der Waals surface area contributed by atoms with Gasteiger partial charge in [0.15, 0.2) is 0 Å². The Labute approximate surface area is 191 Å². The molecule has 1 amide bonds. The van der Waals surface area contributed by atoms with E-state index in [1.165, 1.54) is 0 Å². The predicted octanol–water partition coefficient (Wildman–Crippen LogP) is 4.12. The van der Waals surface area contributed by atoms with E-state index in [9.17, 15) is 4.79 Å². The molecule has 4 aromatic rings. The lowest BCUT2D eigenvalue weighted by molar-refractivity contribution is 0.0766. The lowest BCUT2D eigenvalue weighted by atomic mass is 10.2. The molecule has 1 fully saturated rings. The second-order valence-corrected chi connectivity index (χ2v) is 8.46. The lowest BCUT2D eigenvalue weighted by Crippen LogP contribution is -2.35. The Bertz CT molecular complexity index is 1220. The summed E-state index contributed by atoms with van der Waals surface area (Å²) in [7, 11) is 0. The number of rotatable bonds is 4. The van der Waals surface area contributed by atoms with Gasteiger partial charge in [-0.25, -0.2) is 9.67 Å². The van der Waals surface area contributed by atoms with Crippen molar-refractivity contribution in [2.24, 2.45) is 0 Å². The first kappa shape index (κ1) is 20.6. The van der Waals surface area contributed by atoms with Crippen molar-refractivity contribution in [3.05, 3.63) is 76.6 Å². The number of H-pyrrole nitrogens is 1. The Morgan fingerprint density at radius 2 is 1.81 bits per heavy atom. The number of benzene rings is 2. The van der Waals surface area contributed by atoms with Crippen molar-refractivity contribution in [3.8, 4) is 0 Å². The number of hydrogen-bond donors (Lipinski definition) is 1. The number of aromatic nitrogens is 4. The van der Waals surface area contributed by atoms with Crippen LogP contribution in [0.4, 0.5) is 5.95 Å². The summed E-state index contributed by atoms with van der Waals surface area (Å²) in [6, 6.07) is 18.0. The van der Waals surface area contributed by atoms with Gasteiger partial charge in [0.1, 0.15) is 5.15 Å². The van der Waals surface area contributed by atoms with Crippen molar-refractivity contribution in [1.82, 2.24) is 24.6 Å². The summed E-state index contributed by atoms with van der Waals surface area (Å²) in [6.07, 6.45) is 0.859. The van der Waals surface area contributed by atoms with Crippen molar-refractivity contribution in [2.45, 2.75) is 19.9 Å². The number of para-hydroxylation sites is 2. The van der Waals surface area contributed by atoms with Crippen molar-refractivity contribution in [2.75, 3.05) is 31.1 Å². The topological polar surface area (TPSA) is 70.1 Å². The number of carbonyl (C=O) groups is 1. The van der Waals surface area contributed by atoms with E-state index in [2.05, 4.69) is 15.0 Å². The van der Waals surface area contributed by atoms with E-state index < -0.39 is 0 Å². The average molecular weight is 449 g/mol. The normalized spacial score (nSPS) is 14.7. The highest BCUT2D eigenvalue weighted by Gasteiger charge is 2.27. The zero-order chi connectivity index (χ0) is 22.1.